The Balaban J connectivity index is 1.63. The zero-order chi connectivity index (χ0) is 14.7. The molecule has 21 heavy (non-hydrogen) atoms. The molecular weight excluding hydrogens is 270 g/mol. The molecule has 0 N–H and O–H groups in total. The van der Waals surface area contributed by atoms with Crippen LogP contribution in [0.25, 0.3) is 0 Å². The van der Waals surface area contributed by atoms with Gasteiger partial charge in [-0.3, -0.25) is 0 Å². The van der Waals surface area contributed by atoms with Gasteiger partial charge in [0.2, 0.25) is 6.79 Å². The summed E-state index contributed by atoms with van der Waals surface area (Å²) in [4.78, 5) is 13.5. The normalized spacial score (nSPS) is 12.0. The van der Waals surface area contributed by atoms with Crippen molar-refractivity contribution in [1.29, 1.82) is 0 Å². The molecule has 3 rings (SSSR count). The Morgan fingerprint density at radius 1 is 1.14 bits per heavy atom. The summed E-state index contributed by atoms with van der Waals surface area (Å²) < 4.78 is 15.8. The fourth-order valence-electron chi connectivity index (χ4n) is 2.04. The van der Waals surface area contributed by atoms with Crippen molar-refractivity contribution in [2.24, 2.45) is 0 Å². The van der Waals surface area contributed by atoms with Crippen LogP contribution in [0.15, 0.2) is 48.5 Å². The highest BCUT2D eigenvalue weighted by molar-refractivity contribution is 5.70. The SMILES string of the molecule is CN(Cc1ccc2c(c1)OCO2)C(=O)Oc1ccccc1. The number of para-hydroxylation sites is 1. The predicted molar refractivity (Wildman–Crippen MR) is 76.5 cm³/mol. The molecule has 1 amide bonds. The molecule has 5 heteroatoms. The summed E-state index contributed by atoms with van der Waals surface area (Å²) in [6, 6.07) is 14.6. The summed E-state index contributed by atoms with van der Waals surface area (Å²) in [6.45, 7) is 0.674. The van der Waals surface area contributed by atoms with Crippen molar-refractivity contribution in [3.8, 4) is 17.2 Å². The van der Waals surface area contributed by atoms with E-state index in [0.29, 0.717) is 18.0 Å². The molecule has 5 nitrogen and oxygen atoms in total. The van der Waals surface area contributed by atoms with E-state index >= 15 is 0 Å². The minimum absolute atomic E-state index is 0.241. The lowest BCUT2D eigenvalue weighted by Crippen LogP contribution is -2.29. The maximum Gasteiger partial charge on any atom is 0.415 e. The van der Waals surface area contributed by atoms with Gasteiger partial charge in [-0.15, -0.1) is 0 Å². The topological polar surface area (TPSA) is 48.0 Å². The number of carbonyl (C=O) groups is 1. The molecule has 0 saturated heterocycles. The van der Waals surface area contributed by atoms with Crippen molar-refractivity contribution >= 4 is 6.09 Å². The van der Waals surface area contributed by atoms with Crippen LogP contribution in [0.3, 0.4) is 0 Å². The number of carbonyl (C=O) groups excluding carboxylic acids is 1. The van der Waals surface area contributed by atoms with E-state index in [-0.39, 0.29) is 6.79 Å². The minimum Gasteiger partial charge on any atom is -0.454 e. The Morgan fingerprint density at radius 2 is 1.90 bits per heavy atom. The van der Waals surface area contributed by atoms with Gasteiger partial charge in [-0.25, -0.2) is 4.79 Å². The van der Waals surface area contributed by atoms with Gasteiger partial charge in [-0.1, -0.05) is 24.3 Å². The summed E-state index contributed by atoms with van der Waals surface area (Å²) in [5, 5.41) is 0. The Morgan fingerprint density at radius 3 is 2.71 bits per heavy atom. The number of fused-ring (bicyclic) bond motifs is 1. The molecule has 0 aromatic heterocycles. The molecule has 0 aliphatic carbocycles. The third kappa shape index (κ3) is 3.08. The maximum absolute atomic E-state index is 12.0. The smallest absolute Gasteiger partial charge is 0.415 e. The fraction of sp³-hybridized carbons (Fsp3) is 0.188. The lowest BCUT2D eigenvalue weighted by molar-refractivity contribution is 0.160. The van der Waals surface area contributed by atoms with Crippen molar-refractivity contribution in [1.82, 2.24) is 4.90 Å². The Labute approximate surface area is 122 Å². The van der Waals surface area contributed by atoms with Crippen LogP contribution in [0.1, 0.15) is 5.56 Å². The van der Waals surface area contributed by atoms with E-state index in [1.807, 2.05) is 36.4 Å². The molecule has 2 aromatic carbocycles. The molecule has 0 radical (unpaired) electrons. The van der Waals surface area contributed by atoms with Gasteiger partial charge < -0.3 is 19.1 Å². The average molecular weight is 285 g/mol. The third-order valence-electron chi connectivity index (χ3n) is 3.12. The summed E-state index contributed by atoms with van der Waals surface area (Å²) >= 11 is 0. The van der Waals surface area contributed by atoms with E-state index in [2.05, 4.69) is 0 Å². The maximum atomic E-state index is 12.0. The van der Waals surface area contributed by atoms with E-state index in [0.717, 1.165) is 11.3 Å². The fourth-order valence-corrected chi connectivity index (χ4v) is 2.04. The molecule has 2 aromatic rings. The first-order valence-electron chi connectivity index (χ1n) is 6.59. The number of benzene rings is 2. The van der Waals surface area contributed by atoms with Crippen LogP contribution in [-0.2, 0) is 6.54 Å². The summed E-state index contributed by atoms with van der Waals surface area (Å²) in [5.41, 5.74) is 0.951. The van der Waals surface area contributed by atoms with Crippen molar-refractivity contribution in [3.05, 3.63) is 54.1 Å². The van der Waals surface area contributed by atoms with E-state index in [1.165, 1.54) is 4.90 Å². The molecule has 0 bridgehead atoms. The Bertz CT molecular complexity index is 642. The molecule has 108 valence electrons. The predicted octanol–water partition coefficient (Wildman–Crippen LogP) is 3.05. The molecule has 0 fully saturated rings. The van der Waals surface area contributed by atoms with Crippen LogP contribution in [0, 0.1) is 0 Å². The monoisotopic (exact) mass is 285 g/mol. The number of hydrogen-bond donors (Lipinski definition) is 0. The largest absolute Gasteiger partial charge is 0.454 e. The van der Waals surface area contributed by atoms with Crippen molar-refractivity contribution in [3.63, 3.8) is 0 Å². The number of nitrogens with zero attached hydrogens (tertiary/aromatic N) is 1. The van der Waals surface area contributed by atoms with E-state index in [1.54, 1.807) is 19.2 Å². The van der Waals surface area contributed by atoms with Crippen LogP contribution < -0.4 is 14.2 Å². The van der Waals surface area contributed by atoms with Gasteiger partial charge in [0.1, 0.15) is 5.75 Å². The molecular formula is C16H15NO4. The minimum atomic E-state index is -0.404. The Hall–Kier alpha value is -2.69. The second-order valence-electron chi connectivity index (χ2n) is 4.72. The summed E-state index contributed by atoms with van der Waals surface area (Å²) in [6.07, 6.45) is -0.404. The first kappa shape index (κ1) is 13.3. The van der Waals surface area contributed by atoms with Crippen molar-refractivity contribution < 1.29 is 19.0 Å². The van der Waals surface area contributed by atoms with Crippen LogP contribution >= 0.6 is 0 Å². The first-order valence-corrected chi connectivity index (χ1v) is 6.59. The lowest BCUT2D eigenvalue weighted by Gasteiger charge is -2.17. The van der Waals surface area contributed by atoms with Gasteiger partial charge in [0.25, 0.3) is 0 Å². The second-order valence-corrected chi connectivity index (χ2v) is 4.72. The number of hydrogen-bond acceptors (Lipinski definition) is 4. The van der Waals surface area contributed by atoms with Gasteiger partial charge >= 0.3 is 6.09 Å². The van der Waals surface area contributed by atoms with Crippen molar-refractivity contribution in [2.45, 2.75) is 6.54 Å². The number of rotatable bonds is 3. The average Bonchev–Trinajstić information content (AvgIpc) is 2.95. The van der Waals surface area contributed by atoms with Crippen LogP contribution in [0.4, 0.5) is 4.79 Å². The standard InChI is InChI=1S/C16H15NO4/c1-17(16(18)21-13-5-3-2-4-6-13)10-12-7-8-14-15(9-12)20-11-19-14/h2-9H,10-11H2,1H3. The van der Waals surface area contributed by atoms with Gasteiger partial charge in [-0.05, 0) is 29.8 Å². The molecule has 0 atom stereocenters. The highest BCUT2D eigenvalue weighted by Crippen LogP contribution is 2.32. The second kappa shape index (κ2) is 5.75. The number of ether oxygens (including phenoxy) is 3. The number of amides is 1. The van der Waals surface area contributed by atoms with Gasteiger partial charge in [0, 0.05) is 13.6 Å². The molecule has 1 aliphatic heterocycles. The highest BCUT2D eigenvalue weighted by Gasteiger charge is 2.16. The van der Waals surface area contributed by atoms with E-state index in [4.69, 9.17) is 14.2 Å². The molecule has 0 unspecified atom stereocenters. The van der Waals surface area contributed by atoms with Crippen LogP contribution in [0.5, 0.6) is 17.2 Å². The summed E-state index contributed by atoms with van der Waals surface area (Å²) in [7, 11) is 1.69. The summed E-state index contributed by atoms with van der Waals surface area (Å²) in [5.74, 6) is 1.96. The van der Waals surface area contributed by atoms with Crippen LogP contribution in [0.2, 0.25) is 0 Å². The van der Waals surface area contributed by atoms with Crippen LogP contribution in [-0.4, -0.2) is 24.8 Å². The molecule has 0 spiro atoms. The lowest BCUT2D eigenvalue weighted by atomic mass is 10.2. The first-order chi connectivity index (χ1) is 10.2. The molecule has 1 aliphatic rings. The highest BCUT2D eigenvalue weighted by atomic mass is 16.7. The zero-order valence-electron chi connectivity index (χ0n) is 11.6. The third-order valence-corrected chi connectivity index (χ3v) is 3.12. The van der Waals surface area contributed by atoms with E-state index < -0.39 is 6.09 Å². The quantitative estimate of drug-likeness (QED) is 0.869. The van der Waals surface area contributed by atoms with Gasteiger partial charge in [-0.2, -0.15) is 0 Å². The van der Waals surface area contributed by atoms with Gasteiger partial charge in [0.15, 0.2) is 11.5 Å². The van der Waals surface area contributed by atoms with Crippen molar-refractivity contribution in [2.75, 3.05) is 13.8 Å². The zero-order valence-corrected chi connectivity index (χ0v) is 11.6. The van der Waals surface area contributed by atoms with Gasteiger partial charge in [0.05, 0.1) is 0 Å². The molecule has 0 saturated carbocycles. The molecule has 1 heterocycles. The van der Waals surface area contributed by atoms with E-state index in [9.17, 15) is 4.79 Å². The Kier molecular flexibility index (Phi) is 3.64.